The van der Waals surface area contributed by atoms with Gasteiger partial charge in [-0.25, -0.2) is 9.67 Å². The summed E-state index contributed by atoms with van der Waals surface area (Å²) in [5.41, 5.74) is 3.37. The second-order valence-electron chi connectivity index (χ2n) is 12.3. The first-order valence-electron chi connectivity index (χ1n) is 16.8. The van der Waals surface area contributed by atoms with E-state index in [1.807, 2.05) is 24.3 Å². The highest BCUT2D eigenvalue weighted by molar-refractivity contribution is 6.31. The molecule has 288 valence electrons. The summed E-state index contributed by atoms with van der Waals surface area (Å²) in [6.45, 7) is 0.551. The number of alkyl halides is 3. The Hall–Kier alpha value is -5.81. The fourth-order valence-electron chi connectivity index (χ4n) is 5.72. The minimum atomic E-state index is -4.58. The fraction of sp³-hybridized carbons (Fsp3) is 0.278. The lowest BCUT2D eigenvalue weighted by molar-refractivity contribution is -0.166. The number of carboxylic acid groups (broad SMARTS) is 1. The Morgan fingerprint density at radius 2 is 1.84 bits per heavy atom. The molecule has 2 atom stereocenters. The van der Waals surface area contributed by atoms with E-state index in [0.717, 1.165) is 24.8 Å². The predicted molar refractivity (Wildman–Crippen MR) is 197 cm³/mol. The van der Waals surface area contributed by atoms with Gasteiger partial charge >= 0.3 is 12.1 Å². The molecule has 55 heavy (non-hydrogen) atoms. The summed E-state index contributed by atoms with van der Waals surface area (Å²) in [7, 11) is 0. The third-order valence-corrected chi connectivity index (χ3v) is 8.65. The Morgan fingerprint density at radius 1 is 1.02 bits per heavy atom. The van der Waals surface area contributed by atoms with E-state index in [2.05, 4.69) is 36.2 Å². The van der Waals surface area contributed by atoms with Crippen LogP contribution in [0.15, 0.2) is 90.4 Å². The highest BCUT2D eigenvalue weighted by Crippen LogP contribution is 2.30. The summed E-state index contributed by atoms with van der Waals surface area (Å²) in [6, 6.07) is 16.6. The fourth-order valence-corrected chi connectivity index (χ4v) is 6.02. The Labute approximate surface area is 321 Å². The van der Waals surface area contributed by atoms with Gasteiger partial charge in [0, 0.05) is 47.8 Å². The molecule has 0 radical (unpaired) electrons. The predicted octanol–water partition coefficient (Wildman–Crippen LogP) is 5.71. The van der Waals surface area contributed by atoms with Crippen LogP contribution >= 0.6 is 23.2 Å². The van der Waals surface area contributed by atoms with Gasteiger partial charge in [-0.15, -0.1) is 5.10 Å². The zero-order valence-electron chi connectivity index (χ0n) is 28.8. The molecule has 6 rings (SSSR count). The Kier molecular flexibility index (Phi) is 13.6. The topological polar surface area (TPSA) is 186 Å². The summed E-state index contributed by atoms with van der Waals surface area (Å²) in [5, 5.41) is 25.2. The number of carboxylic acids is 1. The van der Waals surface area contributed by atoms with E-state index in [0.29, 0.717) is 46.2 Å². The Balaban J connectivity index is 0.000000654. The Morgan fingerprint density at radius 3 is 2.51 bits per heavy atom. The average molecular weight is 801 g/mol. The van der Waals surface area contributed by atoms with Crippen molar-refractivity contribution in [2.45, 2.75) is 50.4 Å². The van der Waals surface area contributed by atoms with Crippen molar-refractivity contribution >= 4 is 46.7 Å². The van der Waals surface area contributed by atoms with Gasteiger partial charge in [-0.3, -0.25) is 28.7 Å². The van der Waals surface area contributed by atoms with Crippen molar-refractivity contribution in [1.29, 1.82) is 0 Å². The van der Waals surface area contributed by atoms with E-state index >= 15 is 0 Å². The van der Waals surface area contributed by atoms with Crippen molar-refractivity contribution in [2.75, 3.05) is 18.4 Å². The largest absolute Gasteiger partial charge is 0.481 e. The van der Waals surface area contributed by atoms with Crippen molar-refractivity contribution in [3.05, 3.63) is 117 Å². The molecule has 4 heterocycles. The minimum Gasteiger partial charge on any atom is -0.481 e. The number of benzene rings is 2. The van der Waals surface area contributed by atoms with Gasteiger partial charge in [0.15, 0.2) is 5.15 Å². The number of carbonyl (C=O) groups is 3. The van der Waals surface area contributed by atoms with Crippen molar-refractivity contribution in [2.24, 2.45) is 0 Å². The zero-order valence-corrected chi connectivity index (χ0v) is 30.4. The quantitative estimate of drug-likeness (QED) is 0.159. The van der Waals surface area contributed by atoms with Gasteiger partial charge in [0.1, 0.15) is 12.5 Å². The summed E-state index contributed by atoms with van der Waals surface area (Å²) in [5.74, 6) is -2.39. The summed E-state index contributed by atoms with van der Waals surface area (Å²) in [6.07, 6.45) is 2.96. The third-order valence-electron chi connectivity index (χ3n) is 8.24. The molecule has 1 aliphatic heterocycles. The summed E-state index contributed by atoms with van der Waals surface area (Å²) >= 11 is 12.3. The molecule has 0 unspecified atom stereocenters. The molecule has 0 saturated heterocycles. The van der Waals surface area contributed by atoms with Crippen molar-refractivity contribution in [3.8, 4) is 16.9 Å². The number of amides is 2. The highest BCUT2D eigenvalue weighted by atomic mass is 35.5. The number of halogens is 5. The van der Waals surface area contributed by atoms with Gasteiger partial charge < -0.3 is 21.1 Å². The van der Waals surface area contributed by atoms with Gasteiger partial charge in [-0.1, -0.05) is 53.4 Å². The van der Waals surface area contributed by atoms with E-state index in [-0.39, 0.29) is 35.1 Å². The van der Waals surface area contributed by atoms with Crippen LogP contribution in [0.4, 0.5) is 18.9 Å². The number of pyridine rings is 1. The number of hydrogen-bond donors (Lipinski definition) is 4. The molecular weight excluding hydrogens is 766 g/mol. The molecule has 0 saturated carbocycles. The molecule has 3 aromatic heterocycles. The molecule has 4 N–H and O–H groups in total. The van der Waals surface area contributed by atoms with E-state index in [4.69, 9.17) is 28.3 Å². The number of rotatable bonds is 7. The molecule has 5 aromatic rings. The molecule has 0 fully saturated rings. The molecule has 2 aromatic carbocycles. The zero-order chi connectivity index (χ0) is 39.5. The summed E-state index contributed by atoms with van der Waals surface area (Å²) < 4.78 is 35.9. The molecule has 2 amide bonds. The first-order chi connectivity index (χ1) is 26.3. The van der Waals surface area contributed by atoms with Crippen molar-refractivity contribution < 1.29 is 32.7 Å². The molecule has 19 heteroatoms. The van der Waals surface area contributed by atoms with E-state index in [1.165, 1.54) is 16.9 Å². The normalized spacial score (nSPS) is 16.1. The van der Waals surface area contributed by atoms with Crippen LogP contribution in [0.2, 0.25) is 10.2 Å². The van der Waals surface area contributed by atoms with Gasteiger partial charge in [0.25, 0.3) is 11.5 Å². The van der Waals surface area contributed by atoms with Crippen molar-refractivity contribution in [3.63, 3.8) is 0 Å². The third kappa shape index (κ3) is 11.6. The summed E-state index contributed by atoms with van der Waals surface area (Å²) in [4.78, 5) is 57.6. The maximum absolute atomic E-state index is 13.8. The molecule has 14 nitrogen and oxygen atoms in total. The highest BCUT2D eigenvalue weighted by Gasteiger charge is 2.30. The Bertz CT molecular complexity index is 2180. The van der Waals surface area contributed by atoms with E-state index in [9.17, 15) is 32.3 Å². The number of anilines is 1. The number of nitrogens with one attached hydrogen (secondary N) is 3. The number of aromatic nitrogens is 6. The first kappa shape index (κ1) is 40.4. The maximum Gasteiger partial charge on any atom is 0.399 e. The van der Waals surface area contributed by atoms with Crippen LogP contribution in [0.5, 0.6) is 0 Å². The smallest absolute Gasteiger partial charge is 0.399 e. The lowest BCUT2D eigenvalue weighted by Crippen LogP contribution is -2.47. The lowest BCUT2D eigenvalue weighted by atomic mass is 9.99. The van der Waals surface area contributed by atoms with Crippen LogP contribution in [0.1, 0.15) is 54.1 Å². The maximum atomic E-state index is 13.8. The van der Waals surface area contributed by atoms with E-state index in [1.54, 1.807) is 53.6 Å². The van der Waals surface area contributed by atoms with Crippen LogP contribution in [-0.2, 0) is 9.59 Å². The molecule has 0 spiro atoms. The van der Waals surface area contributed by atoms with Gasteiger partial charge in [0.05, 0.1) is 35.5 Å². The average Bonchev–Trinajstić information content (AvgIpc) is 3.58. The SMILES string of the molecule is O=C(NC[C@H]1Nc2cccc(c2)[C@@H](n2cnc(-c3cc(Cl)ccc3-n3cc(Cl)nn3)cc2=O)CCCCCNC1=O)c1cccnc1.O=C(O)CC(F)(F)F. The molecular formula is C36H34Cl2F3N9O5. The number of aliphatic carboxylic acids is 1. The number of carbonyl (C=O) groups excluding carboxylic acids is 2. The number of hydrogen-bond acceptors (Lipinski definition) is 9. The lowest BCUT2D eigenvalue weighted by Gasteiger charge is -2.23. The van der Waals surface area contributed by atoms with Gasteiger partial charge in [0.2, 0.25) is 5.91 Å². The monoisotopic (exact) mass is 799 g/mol. The number of nitrogens with zero attached hydrogens (tertiary/aromatic N) is 6. The standard InChI is InChI=1S/C33H31Cl2N9O3.C3H3F3O2/c34-23-10-11-29(44-19-30(35)41-42-44)25(15-23)26-16-31(45)43(20-39-26)28-9-2-1-3-13-37-33(47)27(40-24-8-4-6-21(28)14-24)18-38-32(46)22-7-5-12-36-17-22;4-3(5,6)1-2(7)8/h4-8,10-12,14-17,19-20,27-28,40H,1-3,9,13,18H2,(H,37,47)(H,38,46);1H2,(H,7,8)/t27-,28+;/m1./s1. The van der Waals surface area contributed by atoms with Gasteiger partial charge in [-0.2, -0.15) is 13.2 Å². The van der Waals surface area contributed by atoms with Crippen LogP contribution < -0.4 is 21.5 Å². The minimum absolute atomic E-state index is 0.0599. The number of fused-ring (bicyclic) bond motifs is 2. The second-order valence-corrected chi connectivity index (χ2v) is 13.1. The van der Waals surface area contributed by atoms with Crippen molar-refractivity contribution in [1.82, 2.24) is 40.2 Å². The molecule has 0 aliphatic carbocycles. The van der Waals surface area contributed by atoms with Gasteiger partial charge in [-0.05, 0) is 60.9 Å². The van der Waals surface area contributed by atoms with Crippen LogP contribution in [0.3, 0.4) is 0 Å². The molecule has 1 aliphatic rings. The van der Waals surface area contributed by atoms with Crippen LogP contribution in [0, 0.1) is 0 Å². The molecule has 2 bridgehead atoms. The first-order valence-corrected chi connectivity index (χ1v) is 17.6. The van der Waals surface area contributed by atoms with E-state index < -0.39 is 24.6 Å². The van der Waals surface area contributed by atoms with Crippen LogP contribution in [-0.4, -0.2) is 77.7 Å². The van der Waals surface area contributed by atoms with Crippen LogP contribution in [0.25, 0.3) is 16.9 Å². The second kappa shape index (κ2) is 18.5.